The van der Waals surface area contributed by atoms with E-state index in [0.717, 1.165) is 4.88 Å². The molecule has 7 nitrogen and oxygen atoms in total. The maximum atomic E-state index is 12.4. The molecule has 1 saturated heterocycles. The van der Waals surface area contributed by atoms with Gasteiger partial charge in [0.05, 0.1) is 13.2 Å². The lowest BCUT2D eigenvalue weighted by molar-refractivity contribution is -0.132. The minimum Gasteiger partial charge on any atom is -0.383 e. The van der Waals surface area contributed by atoms with Crippen molar-refractivity contribution in [3.05, 3.63) is 21.9 Å². The van der Waals surface area contributed by atoms with Crippen molar-refractivity contribution >= 4 is 29.2 Å². The second-order valence-corrected chi connectivity index (χ2v) is 6.75. The number of ether oxygens (including phenoxy) is 1. The molecule has 1 fully saturated rings. The second kappa shape index (κ2) is 8.07. The van der Waals surface area contributed by atoms with Gasteiger partial charge in [-0.3, -0.25) is 14.9 Å². The smallest absolute Gasteiger partial charge is 0.322 e. The van der Waals surface area contributed by atoms with Crippen molar-refractivity contribution in [2.75, 3.05) is 20.3 Å². The van der Waals surface area contributed by atoms with Gasteiger partial charge in [0.2, 0.25) is 5.91 Å². The van der Waals surface area contributed by atoms with Crippen molar-refractivity contribution in [3.63, 3.8) is 0 Å². The number of nitrogens with zero attached hydrogens (tertiary/aromatic N) is 1. The quantitative estimate of drug-likeness (QED) is 0.692. The first-order valence-electron chi connectivity index (χ1n) is 7.43. The van der Waals surface area contributed by atoms with Crippen LogP contribution < -0.4 is 10.6 Å². The van der Waals surface area contributed by atoms with Crippen LogP contribution in [0.2, 0.25) is 0 Å². The molecule has 4 amide bonds. The molecular formula is C15H21N3O4S. The van der Waals surface area contributed by atoms with Crippen LogP contribution in [0, 0.1) is 6.92 Å². The summed E-state index contributed by atoms with van der Waals surface area (Å²) in [4.78, 5) is 39.0. The number of thiophene rings is 1. The Morgan fingerprint density at radius 1 is 1.39 bits per heavy atom. The molecular weight excluding hydrogens is 318 g/mol. The van der Waals surface area contributed by atoms with Crippen LogP contribution in [0.3, 0.4) is 0 Å². The first kappa shape index (κ1) is 17.4. The molecule has 0 aliphatic carbocycles. The van der Waals surface area contributed by atoms with E-state index in [1.54, 1.807) is 23.3 Å². The van der Waals surface area contributed by atoms with Gasteiger partial charge in [-0.15, -0.1) is 11.3 Å². The van der Waals surface area contributed by atoms with Crippen LogP contribution in [0.5, 0.6) is 0 Å². The number of methoxy groups -OCH3 is 1. The Balaban J connectivity index is 1.90. The zero-order valence-electron chi connectivity index (χ0n) is 13.3. The topological polar surface area (TPSA) is 87.7 Å². The zero-order chi connectivity index (χ0) is 16.8. The molecule has 1 aromatic heterocycles. The summed E-state index contributed by atoms with van der Waals surface area (Å²) in [5.41, 5.74) is 0. The van der Waals surface area contributed by atoms with Crippen LogP contribution in [-0.4, -0.2) is 49.0 Å². The largest absolute Gasteiger partial charge is 0.383 e. The van der Waals surface area contributed by atoms with E-state index in [4.69, 9.17) is 4.74 Å². The SMILES string of the molecule is COCCN(Cc1ccc(C)s1)C(=O)CC[C@@H]1NC(=O)NC1=O. The van der Waals surface area contributed by atoms with Crippen molar-refractivity contribution in [2.45, 2.75) is 32.4 Å². The standard InChI is InChI=1S/C15H21N3O4S/c1-10-3-4-11(23-10)9-18(7-8-22-2)13(19)6-5-12-14(20)17-15(21)16-12/h3-4,12H,5-9H2,1-2H3,(H2,16,17,20,21)/t12-/m0/s1. The van der Waals surface area contributed by atoms with E-state index in [0.29, 0.717) is 26.1 Å². The lowest BCUT2D eigenvalue weighted by Gasteiger charge is -2.22. The number of urea groups is 1. The van der Waals surface area contributed by atoms with Crippen LogP contribution in [0.25, 0.3) is 0 Å². The van der Waals surface area contributed by atoms with E-state index in [1.165, 1.54) is 4.88 Å². The third-order valence-electron chi connectivity index (χ3n) is 3.57. The number of carbonyl (C=O) groups is 3. The molecule has 1 atom stereocenters. The lowest BCUT2D eigenvalue weighted by Crippen LogP contribution is -2.35. The van der Waals surface area contributed by atoms with Gasteiger partial charge in [-0.2, -0.15) is 0 Å². The Morgan fingerprint density at radius 3 is 2.74 bits per heavy atom. The van der Waals surface area contributed by atoms with Gasteiger partial charge < -0.3 is 15.0 Å². The van der Waals surface area contributed by atoms with Crippen LogP contribution in [0.1, 0.15) is 22.6 Å². The van der Waals surface area contributed by atoms with Gasteiger partial charge in [0.1, 0.15) is 6.04 Å². The molecule has 0 spiro atoms. The predicted octanol–water partition coefficient (Wildman–Crippen LogP) is 1.02. The third-order valence-corrected chi connectivity index (χ3v) is 4.55. The number of aryl methyl sites for hydroxylation is 1. The van der Waals surface area contributed by atoms with E-state index in [2.05, 4.69) is 10.6 Å². The fourth-order valence-corrected chi connectivity index (χ4v) is 3.25. The van der Waals surface area contributed by atoms with Gasteiger partial charge >= 0.3 is 6.03 Å². The highest BCUT2D eigenvalue weighted by atomic mass is 32.1. The van der Waals surface area contributed by atoms with E-state index >= 15 is 0 Å². The average molecular weight is 339 g/mol. The molecule has 0 bridgehead atoms. The van der Waals surface area contributed by atoms with Gasteiger partial charge in [-0.05, 0) is 25.5 Å². The van der Waals surface area contributed by atoms with Crippen molar-refractivity contribution in [3.8, 4) is 0 Å². The molecule has 126 valence electrons. The van der Waals surface area contributed by atoms with Gasteiger partial charge in [0, 0.05) is 29.8 Å². The number of carbonyl (C=O) groups excluding carboxylic acids is 3. The van der Waals surface area contributed by atoms with Gasteiger partial charge in [0.25, 0.3) is 5.91 Å². The molecule has 0 unspecified atom stereocenters. The van der Waals surface area contributed by atoms with Crippen LogP contribution in [0.15, 0.2) is 12.1 Å². The van der Waals surface area contributed by atoms with Crippen molar-refractivity contribution in [2.24, 2.45) is 0 Å². The van der Waals surface area contributed by atoms with Crippen LogP contribution >= 0.6 is 11.3 Å². The lowest BCUT2D eigenvalue weighted by atomic mass is 10.1. The number of hydrogen-bond donors (Lipinski definition) is 2. The molecule has 8 heteroatoms. The van der Waals surface area contributed by atoms with Crippen molar-refractivity contribution < 1.29 is 19.1 Å². The molecule has 2 N–H and O–H groups in total. The molecule has 0 radical (unpaired) electrons. The average Bonchev–Trinajstić information content (AvgIpc) is 3.06. The maximum absolute atomic E-state index is 12.4. The number of rotatable bonds is 8. The van der Waals surface area contributed by atoms with E-state index < -0.39 is 12.1 Å². The Kier molecular flexibility index (Phi) is 6.12. The number of imide groups is 1. The molecule has 0 aromatic carbocycles. The summed E-state index contributed by atoms with van der Waals surface area (Å²) >= 11 is 1.66. The van der Waals surface area contributed by atoms with E-state index in [-0.39, 0.29) is 18.2 Å². The molecule has 1 aliphatic rings. The molecule has 2 heterocycles. The summed E-state index contributed by atoms with van der Waals surface area (Å²) in [5.74, 6) is -0.429. The third kappa shape index (κ3) is 5.04. The number of nitrogens with one attached hydrogen (secondary N) is 2. The molecule has 1 aromatic rings. The summed E-state index contributed by atoms with van der Waals surface area (Å²) in [5, 5.41) is 4.67. The number of hydrogen-bond acceptors (Lipinski definition) is 5. The minimum absolute atomic E-state index is 0.0537. The Morgan fingerprint density at radius 2 is 2.17 bits per heavy atom. The van der Waals surface area contributed by atoms with Gasteiger partial charge in [-0.1, -0.05) is 0 Å². The minimum atomic E-state index is -0.625. The molecule has 2 rings (SSSR count). The molecule has 0 saturated carbocycles. The highest BCUT2D eigenvalue weighted by molar-refractivity contribution is 7.11. The van der Waals surface area contributed by atoms with Crippen molar-refractivity contribution in [1.82, 2.24) is 15.5 Å². The molecule has 23 heavy (non-hydrogen) atoms. The normalized spacial score (nSPS) is 17.0. The summed E-state index contributed by atoms with van der Waals surface area (Å²) < 4.78 is 5.06. The van der Waals surface area contributed by atoms with Crippen molar-refractivity contribution in [1.29, 1.82) is 0 Å². The van der Waals surface area contributed by atoms with Gasteiger partial charge in [0.15, 0.2) is 0 Å². The number of amides is 4. The first-order chi connectivity index (χ1) is 11.0. The Hall–Kier alpha value is -1.93. The predicted molar refractivity (Wildman–Crippen MR) is 86.0 cm³/mol. The Labute approximate surface area is 139 Å². The first-order valence-corrected chi connectivity index (χ1v) is 8.24. The Bertz CT molecular complexity index is 587. The zero-order valence-corrected chi connectivity index (χ0v) is 14.1. The van der Waals surface area contributed by atoms with E-state index in [9.17, 15) is 14.4 Å². The van der Waals surface area contributed by atoms with Crippen LogP contribution in [-0.2, 0) is 20.9 Å². The summed E-state index contributed by atoms with van der Waals surface area (Å²) in [6.45, 7) is 3.51. The maximum Gasteiger partial charge on any atom is 0.322 e. The monoisotopic (exact) mass is 339 g/mol. The summed E-state index contributed by atoms with van der Waals surface area (Å²) in [6.07, 6.45) is 0.496. The summed E-state index contributed by atoms with van der Waals surface area (Å²) in [7, 11) is 1.59. The fraction of sp³-hybridized carbons (Fsp3) is 0.533. The fourth-order valence-electron chi connectivity index (χ4n) is 2.34. The highest BCUT2D eigenvalue weighted by Crippen LogP contribution is 2.18. The molecule has 1 aliphatic heterocycles. The second-order valence-electron chi connectivity index (χ2n) is 5.37. The highest BCUT2D eigenvalue weighted by Gasteiger charge is 2.30. The van der Waals surface area contributed by atoms with Crippen LogP contribution in [0.4, 0.5) is 4.79 Å². The van der Waals surface area contributed by atoms with E-state index in [1.807, 2.05) is 19.1 Å². The summed E-state index contributed by atoms with van der Waals surface area (Å²) in [6, 6.07) is 2.91. The van der Waals surface area contributed by atoms with Gasteiger partial charge in [-0.25, -0.2) is 4.79 Å².